The van der Waals surface area contributed by atoms with Gasteiger partial charge in [0.2, 0.25) is 0 Å². The molecule has 0 aliphatic carbocycles. The largest absolute Gasteiger partial charge is 0.383 e. The second-order valence-corrected chi connectivity index (χ2v) is 5.49. The van der Waals surface area contributed by atoms with E-state index in [1.165, 1.54) is 17.3 Å². The van der Waals surface area contributed by atoms with Crippen LogP contribution in [0.4, 0.5) is 11.6 Å². The van der Waals surface area contributed by atoms with Gasteiger partial charge in [0.1, 0.15) is 11.6 Å². The van der Waals surface area contributed by atoms with Crippen LogP contribution in [0.3, 0.4) is 0 Å². The van der Waals surface area contributed by atoms with Crippen molar-refractivity contribution in [2.24, 2.45) is 0 Å². The van der Waals surface area contributed by atoms with Gasteiger partial charge < -0.3 is 16.8 Å². The minimum absolute atomic E-state index is 0.346. The van der Waals surface area contributed by atoms with Gasteiger partial charge in [-0.05, 0) is 42.9 Å². The number of anilines is 2. The summed E-state index contributed by atoms with van der Waals surface area (Å²) < 4.78 is 0. The number of hydrogen-bond donors (Lipinski definition) is 3. The Morgan fingerprint density at radius 2 is 1.75 bits per heavy atom. The number of nitrogens with one attached hydrogen (secondary N) is 1. The van der Waals surface area contributed by atoms with Crippen LogP contribution in [0.2, 0.25) is 0 Å². The fourth-order valence-corrected chi connectivity index (χ4v) is 2.65. The third kappa shape index (κ3) is 3.85. The van der Waals surface area contributed by atoms with E-state index in [-0.39, 0.29) is 0 Å². The highest BCUT2D eigenvalue weighted by molar-refractivity contribution is 7.99. The zero-order valence-electron chi connectivity index (χ0n) is 11.6. The molecule has 0 aliphatic heterocycles. The van der Waals surface area contributed by atoms with Crippen LogP contribution in [0.15, 0.2) is 40.4 Å². The SMILES string of the molecule is CCNC(C)c1ccc(Sc2nc(N)cc(N)n2)cc1. The fourth-order valence-electron chi connectivity index (χ4n) is 1.86. The fraction of sp³-hybridized carbons (Fsp3) is 0.286. The highest BCUT2D eigenvalue weighted by Gasteiger charge is 2.06. The van der Waals surface area contributed by atoms with E-state index in [9.17, 15) is 0 Å². The molecule has 1 heterocycles. The summed E-state index contributed by atoms with van der Waals surface area (Å²) in [5.74, 6) is 0.773. The summed E-state index contributed by atoms with van der Waals surface area (Å²) in [7, 11) is 0. The van der Waals surface area contributed by atoms with E-state index >= 15 is 0 Å². The Bertz CT molecular complexity index is 550. The molecule has 106 valence electrons. The Hall–Kier alpha value is -1.79. The zero-order valence-corrected chi connectivity index (χ0v) is 12.4. The van der Waals surface area contributed by atoms with E-state index in [1.807, 2.05) is 0 Å². The molecule has 0 radical (unpaired) electrons. The molecule has 0 spiro atoms. The summed E-state index contributed by atoms with van der Waals surface area (Å²) in [4.78, 5) is 9.36. The first-order valence-electron chi connectivity index (χ1n) is 6.49. The number of nitrogens with two attached hydrogens (primary N) is 2. The van der Waals surface area contributed by atoms with Gasteiger partial charge in [-0.2, -0.15) is 0 Å². The van der Waals surface area contributed by atoms with E-state index in [1.54, 1.807) is 6.07 Å². The smallest absolute Gasteiger partial charge is 0.196 e. The maximum atomic E-state index is 5.66. The summed E-state index contributed by atoms with van der Waals surface area (Å²) >= 11 is 1.45. The van der Waals surface area contributed by atoms with Gasteiger partial charge in [-0.25, -0.2) is 9.97 Å². The van der Waals surface area contributed by atoms with Crippen LogP contribution in [0.1, 0.15) is 25.5 Å². The third-order valence-corrected chi connectivity index (χ3v) is 3.72. The first-order valence-corrected chi connectivity index (χ1v) is 7.31. The minimum Gasteiger partial charge on any atom is -0.383 e. The first kappa shape index (κ1) is 14.6. The maximum Gasteiger partial charge on any atom is 0.196 e. The molecule has 0 fully saturated rings. The molecule has 20 heavy (non-hydrogen) atoms. The lowest BCUT2D eigenvalue weighted by molar-refractivity contribution is 0.598. The van der Waals surface area contributed by atoms with Crippen LogP contribution in [0, 0.1) is 0 Å². The van der Waals surface area contributed by atoms with Crippen molar-refractivity contribution in [3.05, 3.63) is 35.9 Å². The van der Waals surface area contributed by atoms with Crippen molar-refractivity contribution in [1.82, 2.24) is 15.3 Å². The normalized spacial score (nSPS) is 12.3. The molecule has 6 heteroatoms. The van der Waals surface area contributed by atoms with Crippen LogP contribution in [-0.4, -0.2) is 16.5 Å². The maximum absolute atomic E-state index is 5.66. The summed E-state index contributed by atoms with van der Waals surface area (Å²) in [6.07, 6.45) is 0. The van der Waals surface area contributed by atoms with E-state index < -0.39 is 0 Å². The molecule has 0 amide bonds. The van der Waals surface area contributed by atoms with Crippen molar-refractivity contribution >= 4 is 23.4 Å². The highest BCUT2D eigenvalue weighted by atomic mass is 32.2. The summed E-state index contributed by atoms with van der Waals surface area (Å²) in [5.41, 5.74) is 12.6. The molecule has 1 atom stereocenters. The lowest BCUT2D eigenvalue weighted by Crippen LogP contribution is -2.17. The Morgan fingerprint density at radius 1 is 1.15 bits per heavy atom. The lowest BCUT2D eigenvalue weighted by Gasteiger charge is -2.12. The number of hydrogen-bond acceptors (Lipinski definition) is 6. The van der Waals surface area contributed by atoms with Gasteiger partial charge in [0.15, 0.2) is 5.16 Å². The average Bonchev–Trinajstić information content (AvgIpc) is 2.38. The summed E-state index contributed by atoms with van der Waals surface area (Å²) in [5, 5.41) is 3.95. The second kappa shape index (κ2) is 6.58. The number of rotatable bonds is 5. The lowest BCUT2D eigenvalue weighted by atomic mass is 10.1. The monoisotopic (exact) mass is 289 g/mol. The van der Waals surface area contributed by atoms with Crippen LogP contribution in [0.5, 0.6) is 0 Å². The Labute approximate surface area is 123 Å². The standard InChI is InChI=1S/C14H19N5S/c1-3-17-9(2)10-4-6-11(7-5-10)20-14-18-12(15)8-13(16)19-14/h4-9,17H,3H2,1-2H3,(H4,15,16,18,19). The van der Waals surface area contributed by atoms with Gasteiger partial charge in [0.05, 0.1) is 0 Å². The van der Waals surface area contributed by atoms with Crippen LogP contribution in [0.25, 0.3) is 0 Å². The Balaban J connectivity index is 2.10. The molecule has 1 aromatic heterocycles. The summed E-state index contributed by atoms with van der Waals surface area (Å²) in [6.45, 7) is 5.20. The van der Waals surface area contributed by atoms with Gasteiger partial charge in [0, 0.05) is 17.0 Å². The van der Waals surface area contributed by atoms with Gasteiger partial charge in [-0.3, -0.25) is 0 Å². The van der Waals surface area contributed by atoms with Crippen LogP contribution < -0.4 is 16.8 Å². The molecular weight excluding hydrogens is 270 g/mol. The van der Waals surface area contributed by atoms with Crippen LogP contribution >= 0.6 is 11.8 Å². The molecule has 2 rings (SSSR count). The van der Waals surface area contributed by atoms with Crippen molar-refractivity contribution in [2.75, 3.05) is 18.0 Å². The average molecular weight is 289 g/mol. The van der Waals surface area contributed by atoms with Gasteiger partial charge >= 0.3 is 0 Å². The first-order chi connectivity index (χ1) is 9.58. The van der Waals surface area contributed by atoms with Crippen molar-refractivity contribution < 1.29 is 0 Å². The number of aromatic nitrogens is 2. The van der Waals surface area contributed by atoms with E-state index in [0.717, 1.165) is 11.4 Å². The van der Waals surface area contributed by atoms with Crippen molar-refractivity contribution in [3.8, 4) is 0 Å². The molecule has 1 unspecified atom stereocenters. The molecule has 0 aliphatic rings. The molecule has 0 saturated carbocycles. The van der Waals surface area contributed by atoms with Crippen molar-refractivity contribution in [3.63, 3.8) is 0 Å². The van der Waals surface area contributed by atoms with Gasteiger partial charge in [-0.1, -0.05) is 19.1 Å². The van der Waals surface area contributed by atoms with Crippen LogP contribution in [-0.2, 0) is 0 Å². The molecule has 5 N–H and O–H groups in total. The molecule has 2 aromatic rings. The predicted molar refractivity (Wildman–Crippen MR) is 83.5 cm³/mol. The second-order valence-electron chi connectivity index (χ2n) is 4.45. The topological polar surface area (TPSA) is 89.8 Å². The van der Waals surface area contributed by atoms with E-state index in [0.29, 0.717) is 22.8 Å². The molecule has 0 bridgehead atoms. The van der Waals surface area contributed by atoms with Crippen molar-refractivity contribution in [1.29, 1.82) is 0 Å². The Morgan fingerprint density at radius 3 is 2.30 bits per heavy atom. The summed E-state index contributed by atoms with van der Waals surface area (Å²) in [6, 6.07) is 10.2. The molecular formula is C14H19N5S. The molecule has 1 aromatic carbocycles. The number of nitrogen functional groups attached to an aromatic ring is 2. The quantitative estimate of drug-likeness (QED) is 0.733. The molecule has 0 saturated heterocycles. The number of nitrogens with zero attached hydrogens (tertiary/aromatic N) is 2. The Kier molecular flexibility index (Phi) is 4.81. The molecule has 5 nitrogen and oxygen atoms in total. The van der Waals surface area contributed by atoms with Crippen molar-refractivity contribution in [2.45, 2.75) is 29.9 Å². The van der Waals surface area contributed by atoms with Gasteiger partial charge in [-0.15, -0.1) is 0 Å². The predicted octanol–water partition coefficient (Wildman–Crippen LogP) is 2.46. The zero-order chi connectivity index (χ0) is 14.5. The van der Waals surface area contributed by atoms with E-state index in [2.05, 4.69) is 53.4 Å². The minimum atomic E-state index is 0.346. The third-order valence-electron chi connectivity index (χ3n) is 2.84. The van der Waals surface area contributed by atoms with E-state index in [4.69, 9.17) is 11.5 Å². The highest BCUT2D eigenvalue weighted by Crippen LogP contribution is 2.27. The number of benzene rings is 1. The van der Waals surface area contributed by atoms with Gasteiger partial charge in [0.25, 0.3) is 0 Å².